The Bertz CT molecular complexity index is 983. The van der Waals surface area contributed by atoms with E-state index in [4.69, 9.17) is 16.3 Å². The third kappa shape index (κ3) is 5.63. The van der Waals surface area contributed by atoms with Crippen molar-refractivity contribution in [2.24, 2.45) is 5.10 Å². The fraction of sp³-hybridized carbons (Fsp3) is 0.348. The zero-order valence-corrected chi connectivity index (χ0v) is 18.8. The number of hydrazone groups is 1. The summed E-state index contributed by atoms with van der Waals surface area (Å²) in [5, 5.41) is 9.09. The van der Waals surface area contributed by atoms with Crippen molar-refractivity contribution in [1.29, 1.82) is 0 Å². The first-order chi connectivity index (χ1) is 15.4. The van der Waals surface area contributed by atoms with E-state index in [1.807, 2.05) is 12.1 Å². The summed E-state index contributed by atoms with van der Waals surface area (Å²) in [6, 6.07) is 12.6. The van der Waals surface area contributed by atoms with Crippen molar-refractivity contribution in [2.45, 2.75) is 19.4 Å². The van der Waals surface area contributed by atoms with Crippen LogP contribution in [0.2, 0.25) is 5.02 Å². The van der Waals surface area contributed by atoms with Crippen LogP contribution in [-0.4, -0.2) is 60.9 Å². The van der Waals surface area contributed by atoms with E-state index < -0.39 is 11.9 Å². The SMILES string of the molecule is CCNC(=O)N(CCOC)CC(=O)N1N=C(c2ccccc2F)CC1c1ccc(Cl)cc1. The highest BCUT2D eigenvalue weighted by Gasteiger charge is 2.35. The van der Waals surface area contributed by atoms with E-state index >= 15 is 0 Å². The van der Waals surface area contributed by atoms with Crippen LogP contribution in [0.3, 0.4) is 0 Å². The fourth-order valence-corrected chi connectivity index (χ4v) is 3.62. The molecule has 0 radical (unpaired) electrons. The second-order valence-electron chi connectivity index (χ2n) is 7.29. The quantitative estimate of drug-likeness (QED) is 0.650. The van der Waals surface area contributed by atoms with Gasteiger partial charge in [0.2, 0.25) is 0 Å². The first-order valence-electron chi connectivity index (χ1n) is 10.4. The number of nitrogens with one attached hydrogen (secondary N) is 1. The first kappa shape index (κ1) is 23.7. The molecule has 1 aliphatic heterocycles. The van der Waals surface area contributed by atoms with Crippen LogP contribution < -0.4 is 5.32 Å². The molecule has 2 aromatic carbocycles. The summed E-state index contributed by atoms with van der Waals surface area (Å²) in [4.78, 5) is 27.1. The molecule has 0 fully saturated rings. The molecule has 0 spiro atoms. The van der Waals surface area contributed by atoms with Gasteiger partial charge in [-0.2, -0.15) is 5.10 Å². The standard InChI is InChI=1S/C23H26ClFN4O3/c1-3-26-23(31)28(12-13-32-2)15-22(30)29-21(16-8-10-17(24)11-9-16)14-20(27-29)18-6-4-5-7-19(18)25/h4-11,21H,3,12-15H2,1-2H3,(H,26,31). The Labute approximate surface area is 191 Å². The fourth-order valence-electron chi connectivity index (χ4n) is 3.50. The van der Waals surface area contributed by atoms with Crippen molar-refractivity contribution in [3.8, 4) is 0 Å². The minimum Gasteiger partial charge on any atom is -0.383 e. The van der Waals surface area contributed by atoms with Gasteiger partial charge in [-0.1, -0.05) is 41.9 Å². The van der Waals surface area contributed by atoms with Gasteiger partial charge in [-0.15, -0.1) is 0 Å². The zero-order chi connectivity index (χ0) is 23.1. The van der Waals surface area contributed by atoms with Gasteiger partial charge in [0.1, 0.15) is 12.4 Å². The highest BCUT2D eigenvalue weighted by atomic mass is 35.5. The maximum absolute atomic E-state index is 14.4. The predicted molar refractivity (Wildman–Crippen MR) is 121 cm³/mol. The Kier molecular flexibility index (Phi) is 8.19. The molecule has 2 aromatic rings. The minimum atomic E-state index is -0.437. The summed E-state index contributed by atoms with van der Waals surface area (Å²) in [5.74, 6) is -0.780. The molecular weight excluding hydrogens is 435 g/mol. The summed E-state index contributed by atoms with van der Waals surface area (Å²) in [7, 11) is 1.53. The maximum Gasteiger partial charge on any atom is 0.317 e. The Hall–Kier alpha value is -2.97. The molecule has 170 valence electrons. The van der Waals surface area contributed by atoms with Gasteiger partial charge >= 0.3 is 6.03 Å². The van der Waals surface area contributed by atoms with Gasteiger partial charge in [-0.3, -0.25) is 4.79 Å². The van der Waals surface area contributed by atoms with E-state index in [0.717, 1.165) is 5.56 Å². The average molecular weight is 461 g/mol. The largest absolute Gasteiger partial charge is 0.383 e. The minimum absolute atomic E-state index is 0.187. The molecule has 32 heavy (non-hydrogen) atoms. The number of nitrogens with zero attached hydrogens (tertiary/aromatic N) is 3. The second kappa shape index (κ2) is 11.1. The molecule has 3 rings (SSSR count). The monoisotopic (exact) mass is 460 g/mol. The van der Waals surface area contributed by atoms with Crippen molar-refractivity contribution in [3.05, 3.63) is 70.5 Å². The Morgan fingerprint density at radius 1 is 1.25 bits per heavy atom. The number of urea groups is 1. The molecule has 0 saturated heterocycles. The van der Waals surface area contributed by atoms with Crippen molar-refractivity contribution in [1.82, 2.24) is 15.2 Å². The number of hydrogen-bond donors (Lipinski definition) is 1. The topological polar surface area (TPSA) is 74.2 Å². The van der Waals surface area contributed by atoms with E-state index in [-0.39, 0.29) is 31.6 Å². The van der Waals surface area contributed by atoms with E-state index in [9.17, 15) is 14.0 Å². The van der Waals surface area contributed by atoms with Crippen molar-refractivity contribution < 1.29 is 18.7 Å². The van der Waals surface area contributed by atoms with E-state index in [2.05, 4.69) is 10.4 Å². The summed E-state index contributed by atoms with van der Waals surface area (Å²) in [5.41, 5.74) is 1.64. The zero-order valence-electron chi connectivity index (χ0n) is 18.1. The molecule has 0 saturated carbocycles. The Morgan fingerprint density at radius 3 is 2.62 bits per heavy atom. The van der Waals surface area contributed by atoms with Crippen LogP contribution in [-0.2, 0) is 9.53 Å². The van der Waals surface area contributed by atoms with Crippen molar-refractivity contribution in [3.63, 3.8) is 0 Å². The Morgan fingerprint density at radius 2 is 1.97 bits per heavy atom. The van der Waals surface area contributed by atoms with Crippen LogP contribution in [0, 0.1) is 5.82 Å². The molecular formula is C23H26ClFN4O3. The number of amides is 3. The van der Waals surface area contributed by atoms with E-state index in [0.29, 0.717) is 29.3 Å². The predicted octanol–water partition coefficient (Wildman–Crippen LogP) is 3.83. The highest BCUT2D eigenvalue weighted by Crippen LogP contribution is 2.34. The summed E-state index contributed by atoms with van der Waals surface area (Å²) >= 11 is 6.02. The molecule has 7 nitrogen and oxygen atoms in total. The molecule has 0 bridgehead atoms. The number of methoxy groups -OCH3 is 1. The molecule has 9 heteroatoms. The molecule has 1 aliphatic rings. The van der Waals surface area contributed by atoms with Crippen LogP contribution in [0.4, 0.5) is 9.18 Å². The third-order valence-electron chi connectivity index (χ3n) is 5.11. The van der Waals surface area contributed by atoms with Gasteiger partial charge < -0.3 is 15.0 Å². The Balaban J connectivity index is 1.90. The highest BCUT2D eigenvalue weighted by molar-refractivity contribution is 6.30. The summed E-state index contributed by atoms with van der Waals surface area (Å²) < 4.78 is 19.5. The molecule has 3 amide bonds. The normalized spacial score (nSPS) is 15.4. The van der Waals surface area contributed by atoms with Crippen LogP contribution in [0.5, 0.6) is 0 Å². The number of rotatable bonds is 8. The van der Waals surface area contributed by atoms with Crippen molar-refractivity contribution >= 4 is 29.3 Å². The van der Waals surface area contributed by atoms with Crippen LogP contribution >= 0.6 is 11.6 Å². The van der Waals surface area contributed by atoms with Crippen LogP contribution in [0.15, 0.2) is 53.6 Å². The average Bonchev–Trinajstić information content (AvgIpc) is 3.22. The van der Waals surface area contributed by atoms with E-state index in [1.165, 1.54) is 23.1 Å². The maximum atomic E-state index is 14.4. The lowest BCUT2D eigenvalue weighted by Crippen LogP contribution is -2.47. The second-order valence-corrected chi connectivity index (χ2v) is 7.72. The number of halogens is 2. The van der Waals surface area contributed by atoms with Gasteiger partial charge in [-0.05, 0) is 30.7 Å². The van der Waals surface area contributed by atoms with E-state index in [1.54, 1.807) is 37.3 Å². The third-order valence-corrected chi connectivity index (χ3v) is 5.36. The number of carbonyl (C=O) groups excluding carboxylic acids is 2. The summed E-state index contributed by atoms with van der Waals surface area (Å²) in [6.45, 7) is 2.58. The van der Waals surface area contributed by atoms with Gasteiger partial charge in [-0.25, -0.2) is 14.2 Å². The number of ether oxygens (including phenoxy) is 1. The van der Waals surface area contributed by atoms with Gasteiger partial charge in [0.25, 0.3) is 5.91 Å². The number of carbonyl (C=O) groups is 2. The molecule has 0 aliphatic carbocycles. The molecule has 1 N–H and O–H groups in total. The lowest BCUT2D eigenvalue weighted by Gasteiger charge is -2.27. The number of benzene rings is 2. The molecule has 1 heterocycles. The molecule has 0 aromatic heterocycles. The number of hydrogen-bond acceptors (Lipinski definition) is 4. The van der Waals surface area contributed by atoms with Gasteiger partial charge in [0.15, 0.2) is 0 Å². The first-order valence-corrected chi connectivity index (χ1v) is 10.7. The summed E-state index contributed by atoms with van der Waals surface area (Å²) in [6.07, 6.45) is 0.341. The smallest absolute Gasteiger partial charge is 0.317 e. The van der Waals surface area contributed by atoms with Gasteiger partial charge in [0.05, 0.1) is 18.4 Å². The van der Waals surface area contributed by atoms with Crippen molar-refractivity contribution in [2.75, 3.05) is 33.4 Å². The van der Waals surface area contributed by atoms with Gasteiger partial charge in [0, 0.05) is 37.2 Å². The van der Waals surface area contributed by atoms with Crippen LogP contribution in [0.1, 0.15) is 30.5 Å². The lowest BCUT2D eigenvalue weighted by molar-refractivity contribution is -0.133. The lowest BCUT2D eigenvalue weighted by atomic mass is 9.98. The molecule has 1 unspecified atom stereocenters. The van der Waals surface area contributed by atoms with Crippen LogP contribution in [0.25, 0.3) is 0 Å². The molecule has 1 atom stereocenters.